The smallest absolute Gasteiger partial charge is 0.334 e. The highest BCUT2D eigenvalue weighted by atomic mass is 35.5. The summed E-state index contributed by atoms with van der Waals surface area (Å²) in [7, 11) is 0. The van der Waals surface area contributed by atoms with Crippen LogP contribution in [0.1, 0.15) is 39.2 Å². The van der Waals surface area contributed by atoms with Gasteiger partial charge in [-0.3, -0.25) is 4.99 Å². The second kappa shape index (κ2) is 6.88. The molecule has 0 amide bonds. The highest BCUT2D eigenvalue weighted by Gasteiger charge is 2.38. The first kappa shape index (κ1) is 17.1. The van der Waals surface area contributed by atoms with Gasteiger partial charge in [0.2, 0.25) is 0 Å². The summed E-state index contributed by atoms with van der Waals surface area (Å²) in [6.45, 7) is 7.93. The van der Waals surface area contributed by atoms with Gasteiger partial charge in [-0.05, 0) is 30.7 Å². The molecule has 0 saturated carbocycles. The summed E-state index contributed by atoms with van der Waals surface area (Å²) in [6, 6.07) is 7.48. The number of hydrogen-bond donors (Lipinski definition) is 1. The van der Waals surface area contributed by atoms with E-state index in [0.717, 1.165) is 11.3 Å². The van der Waals surface area contributed by atoms with Crippen LogP contribution in [0.4, 0.5) is 0 Å². The van der Waals surface area contributed by atoms with Crippen molar-refractivity contribution in [1.82, 2.24) is 0 Å². The quantitative estimate of drug-likeness (QED) is 0.861. The number of aliphatic imine (C=N–C) groups is 1. The summed E-state index contributed by atoms with van der Waals surface area (Å²) in [5, 5.41) is 10.6. The fourth-order valence-electron chi connectivity index (χ4n) is 2.81. The van der Waals surface area contributed by atoms with E-state index in [9.17, 15) is 9.90 Å². The molecular formula is C17H20ClNO2S. The van der Waals surface area contributed by atoms with Crippen molar-refractivity contribution >= 4 is 35.0 Å². The molecule has 1 aromatic carbocycles. The Labute approximate surface area is 140 Å². The molecule has 2 atom stereocenters. The average molecular weight is 338 g/mol. The molecule has 0 aromatic heterocycles. The standard InChI is InChI=1S/C17H20ClNO2S/c1-9(2)22-16-11(4)19-10(3)14(17(20)21)15(16)12-7-5-6-8-13(12)18/h5-9,15-16H,1-4H3,(H,20,21). The molecule has 0 saturated heterocycles. The van der Waals surface area contributed by atoms with Crippen molar-refractivity contribution in [3.63, 3.8) is 0 Å². The lowest BCUT2D eigenvalue weighted by Gasteiger charge is -2.33. The van der Waals surface area contributed by atoms with Gasteiger partial charge in [-0.15, -0.1) is 11.8 Å². The number of nitrogens with zero attached hydrogens (tertiary/aromatic N) is 1. The molecule has 0 radical (unpaired) electrons. The monoisotopic (exact) mass is 337 g/mol. The maximum absolute atomic E-state index is 11.8. The van der Waals surface area contributed by atoms with Crippen molar-refractivity contribution in [3.8, 4) is 0 Å². The summed E-state index contributed by atoms with van der Waals surface area (Å²) >= 11 is 8.09. The first-order valence-electron chi connectivity index (χ1n) is 7.22. The van der Waals surface area contributed by atoms with Crippen LogP contribution in [0.25, 0.3) is 0 Å². The summed E-state index contributed by atoms with van der Waals surface area (Å²) in [5.41, 5.74) is 2.71. The molecular weight excluding hydrogens is 318 g/mol. The lowest BCUT2D eigenvalue weighted by atomic mass is 9.83. The van der Waals surface area contributed by atoms with E-state index in [-0.39, 0.29) is 11.2 Å². The zero-order valence-corrected chi connectivity index (χ0v) is 14.7. The van der Waals surface area contributed by atoms with E-state index < -0.39 is 5.97 Å². The van der Waals surface area contributed by atoms with Gasteiger partial charge in [0.05, 0.1) is 10.8 Å². The molecule has 0 bridgehead atoms. The number of hydrogen-bond acceptors (Lipinski definition) is 3. The number of carboxylic acids is 1. The maximum atomic E-state index is 11.8. The number of thioether (sulfide) groups is 1. The topological polar surface area (TPSA) is 49.7 Å². The Balaban J connectivity index is 2.62. The molecule has 0 aliphatic carbocycles. The molecule has 1 N–H and O–H groups in total. The van der Waals surface area contributed by atoms with Crippen molar-refractivity contribution in [3.05, 3.63) is 46.1 Å². The summed E-state index contributed by atoms with van der Waals surface area (Å²) in [6.07, 6.45) is 0. The highest BCUT2D eigenvalue weighted by molar-refractivity contribution is 8.01. The predicted molar refractivity (Wildman–Crippen MR) is 94.2 cm³/mol. The second-order valence-corrected chi connectivity index (χ2v) is 7.79. The number of halogens is 1. The summed E-state index contributed by atoms with van der Waals surface area (Å²) < 4.78 is 0. The predicted octanol–water partition coefficient (Wildman–Crippen LogP) is 4.77. The number of benzene rings is 1. The van der Waals surface area contributed by atoms with E-state index in [0.29, 0.717) is 21.5 Å². The first-order chi connectivity index (χ1) is 10.3. The van der Waals surface area contributed by atoms with E-state index in [4.69, 9.17) is 11.6 Å². The van der Waals surface area contributed by atoms with Crippen LogP contribution in [0, 0.1) is 0 Å². The van der Waals surface area contributed by atoms with Crippen molar-refractivity contribution in [2.75, 3.05) is 0 Å². The van der Waals surface area contributed by atoms with Crippen LogP contribution >= 0.6 is 23.4 Å². The van der Waals surface area contributed by atoms with Crippen LogP contribution < -0.4 is 0 Å². The number of aliphatic carboxylic acids is 1. The minimum absolute atomic E-state index is 0.0188. The maximum Gasteiger partial charge on any atom is 0.334 e. The molecule has 0 fully saturated rings. The average Bonchev–Trinajstić information content (AvgIpc) is 2.41. The Morgan fingerprint density at radius 3 is 2.50 bits per heavy atom. The van der Waals surface area contributed by atoms with E-state index in [1.807, 2.05) is 31.2 Å². The minimum atomic E-state index is -0.923. The van der Waals surface area contributed by atoms with Crippen molar-refractivity contribution < 1.29 is 9.90 Å². The molecule has 1 aliphatic heterocycles. The zero-order chi connectivity index (χ0) is 16.4. The number of allylic oxidation sites excluding steroid dienone is 1. The van der Waals surface area contributed by atoms with Crippen molar-refractivity contribution in [2.45, 2.75) is 44.1 Å². The molecule has 3 nitrogen and oxygen atoms in total. The molecule has 2 unspecified atom stereocenters. The fraction of sp³-hybridized carbons (Fsp3) is 0.412. The Kier molecular flexibility index (Phi) is 5.35. The van der Waals surface area contributed by atoms with Crippen molar-refractivity contribution in [1.29, 1.82) is 0 Å². The first-order valence-corrected chi connectivity index (χ1v) is 8.54. The summed E-state index contributed by atoms with van der Waals surface area (Å²) in [5.74, 6) is -1.20. The lowest BCUT2D eigenvalue weighted by molar-refractivity contribution is -0.133. The molecule has 118 valence electrons. The second-order valence-electron chi connectivity index (χ2n) is 5.66. The summed E-state index contributed by atoms with van der Waals surface area (Å²) in [4.78, 5) is 16.3. The molecule has 1 heterocycles. The third-order valence-corrected chi connectivity index (χ3v) is 5.44. The zero-order valence-electron chi connectivity index (χ0n) is 13.1. The molecule has 5 heteroatoms. The molecule has 1 aromatic rings. The van der Waals surface area contributed by atoms with Crippen LogP contribution in [-0.4, -0.2) is 27.3 Å². The van der Waals surface area contributed by atoms with E-state index >= 15 is 0 Å². The van der Waals surface area contributed by atoms with Crippen molar-refractivity contribution in [2.24, 2.45) is 4.99 Å². The molecule has 1 aliphatic rings. The van der Waals surface area contributed by atoms with Crippen LogP contribution in [0.5, 0.6) is 0 Å². The molecule has 2 rings (SSSR count). The lowest BCUT2D eigenvalue weighted by Crippen LogP contribution is -2.32. The Hall–Kier alpha value is -1.26. The van der Waals surface area contributed by atoms with E-state index in [1.165, 1.54) is 0 Å². The largest absolute Gasteiger partial charge is 0.478 e. The van der Waals surface area contributed by atoms with Gasteiger partial charge in [0, 0.05) is 22.3 Å². The van der Waals surface area contributed by atoms with Crippen LogP contribution in [-0.2, 0) is 4.79 Å². The molecule has 0 spiro atoms. The molecule has 22 heavy (non-hydrogen) atoms. The normalized spacial score (nSPS) is 22.0. The minimum Gasteiger partial charge on any atom is -0.478 e. The van der Waals surface area contributed by atoms with E-state index in [2.05, 4.69) is 18.8 Å². The van der Waals surface area contributed by atoms with Crippen LogP contribution in [0.15, 0.2) is 40.5 Å². The number of carbonyl (C=O) groups is 1. The Bertz CT molecular complexity index is 652. The highest BCUT2D eigenvalue weighted by Crippen LogP contribution is 2.43. The van der Waals surface area contributed by atoms with Gasteiger partial charge in [0.25, 0.3) is 0 Å². The van der Waals surface area contributed by atoms with Gasteiger partial charge in [-0.25, -0.2) is 4.79 Å². The van der Waals surface area contributed by atoms with Gasteiger partial charge >= 0.3 is 5.97 Å². The number of rotatable bonds is 4. The number of carboxylic acid groups (broad SMARTS) is 1. The van der Waals surface area contributed by atoms with Crippen LogP contribution in [0.2, 0.25) is 5.02 Å². The van der Waals surface area contributed by atoms with Gasteiger partial charge in [0.15, 0.2) is 0 Å². The SMILES string of the molecule is CC1=NC(C)=C(C(=O)O)C(c2ccccc2Cl)C1SC(C)C. The van der Waals surface area contributed by atoms with Gasteiger partial charge < -0.3 is 5.11 Å². The Morgan fingerprint density at radius 2 is 1.95 bits per heavy atom. The third kappa shape index (κ3) is 3.39. The fourth-order valence-corrected chi connectivity index (χ4v) is 4.34. The van der Waals surface area contributed by atoms with Crippen LogP contribution in [0.3, 0.4) is 0 Å². The van der Waals surface area contributed by atoms with Gasteiger partial charge in [0.1, 0.15) is 0 Å². The Morgan fingerprint density at radius 1 is 1.32 bits per heavy atom. The van der Waals surface area contributed by atoms with Gasteiger partial charge in [-0.2, -0.15) is 0 Å². The van der Waals surface area contributed by atoms with E-state index in [1.54, 1.807) is 18.7 Å². The third-order valence-electron chi connectivity index (χ3n) is 3.65. The van der Waals surface area contributed by atoms with Gasteiger partial charge in [-0.1, -0.05) is 43.6 Å².